The number of ether oxygens (including phenoxy) is 1. The van der Waals surface area contributed by atoms with Gasteiger partial charge in [0, 0.05) is 36.5 Å². The number of fused-ring (bicyclic) bond motifs is 1. The molecule has 1 amide bonds. The number of H-pyrrole nitrogens is 1. The highest BCUT2D eigenvalue weighted by Crippen LogP contribution is 2.31. The summed E-state index contributed by atoms with van der Waals surface area (Å²) in [4.78, 5) is 29.5. The Kier molecular flexibility index (Phi) is 6.97. The van der Waals surface area contributed by atoms with E-state index in [1.807, 2.05) is 0 Å². The third-order valence-electron chi connectivity index (χ3n) is 6.37. The first-order valence-corrected chi connectivity index (χ1v) is 12.1. The molecule has 0 radical (unpaired) electrons. The van der Waals surface area contributed by atoms with Crippen molar-refractivity contribution in [3.63, 3.8) is 0 Å². The van der Waals surface area contributed by atoms with Crippen molar-refractivity contribution in [1.82, 2.24) is 25.3 Å². The molecule has 2 heterocycles. The van der Waals surface area contributed by atoms with E-state index >= 15 is 0 Å². The molecule has 7 nitrogen and oxygen atoms in total. The second kappa shape index (κ2) is 10.6. The third-order valence-corrected chi connectivity index (χ3v) is 6.37. The molecule has 2 aromatic carbocycles. The molecule has 0 unspecified atom stereocenters. The fourth-order valence-electron chi connectivity index (χ4n) is 4.44. The van der Waals surface area contributed by atoms with Gasteiger partial charge in [0.15, 0.2) is 0 Å². The van der Waals surface area contributed by atoms with E-state index in [1.165, 1.54) is 25.0 Å². The van der Waals surface area contributed by atoms with E-state index in [9.17, 15) is 9.18 Å². The van der Waals surface area contributed by atoms with Gasteiger partial charge in [-0.1, -0.05) is 12.8 Å². The molecule has 1 aliphatic rings. The summed E-state index contributed by atoms with van der Waals surface area (Å²) in [5.74, 6) is 1.37. The van der Waals surface area contributed by atoms with Crippen molar-refractivity contribution in [3.8, 4) is 17.1 Å². The lowest BCUT2D eigenvalue weighted by atomic mass is 10.1. The zero-order chi connectivity index (χ0) is 24.0. The summed E-state index contributed by atoms with van der Waals surface area (Å²) in [5, 5.41) is 2.95. The molecule has 0 aliphatic heterocycles. The van der Waals surface area contributed by atoms with Crippen molar-refractivity contribution >= 4 is 16.9 Å². The Morgan fingerprint density at radius 3 is 2.69 bits per heavy atom. The Morgan fingerprint density at radius 2 is 1.91 bits per heavy atom. The minimum Gasteiger partial charge on any atom is -0.476 e. The summed E-state index contributed by atoms with van der Waals surface area (Å²) in [6.45, 7) is 1.13. The highest BCUT2D eigenvalue weighted by Gasteiger charge is 2.19. The van der Waals surface area contributed by atoms with E-state index in [4.69, 9.17) is 14.7 Å². The lowest BCUT2D eigenvalue weighted by Crippen LogP contribution is -2.24. The van der Waals surface area contributed by atoms with Gasteiger partial charge in [-0.25, -0.2) is 19.3 Å². The molecule has 0 atom stereocenters. The van der Waals surface area contributed by atoms with Crippen molar-refractivity contribution in [2.45, 2.75) is 38.5 Å². The number of hydrogen-bond acceptors (Lipinski definition) is 5. The molecule has 0 spiro atoms. The second-order valence-electron chi connectivity index (χ2n) is 8.94. The predicted molar refractivity (Wildman–Crippen MR) is 132 cm³/mol. The molecular weight excluding hydrogens is 445 g/mol. The van der Waals surface area contributed by atoms with Gasteiger partial charge >= 0.3 is 0 Å². The number of aryl methyl sites for hydroxylation is 1. The van der Waals surface area contributed by atoms with Gasteiger partial charge in [-0.15, -0.1) is 0 Å². The molecule has 180 valence electrons. The van der Waals surface area contributed by atoms with Gasteiger partial charge < -0.3 is 15.0 Å². The number of aromatic nitrogens is 4. The van der Waals surface area contributed by atoms with Crippen molar-refractivity contribution in [2.75, 3.05) is 13.2 Å². The summed E-state index contributed by atoms with van der Waals surface area (Å²) >= 11 is 0. The largest absolute Gasteiger partial charge is 0.476 e. The number of amides is 1. The van der Waals surface area contributed by atoms with Crippen molar-refractivity contribution in [1.29, 1.82) is 0 Å². The van der Waals surface area contributed by atoms with E-state index < -0.39 is 0 Å². The summed E-state index contributed by atoms with van der Waals surface area (Å²) in [6, 6.07) is 11.4. The molecule has 1 fully saturated rings. The Bertz CT molecular complexity index is 1290. The maximum absolute atomic E-state index is 13.5. The first-order valence-electron chi connectivity index (χ1n) is 12.1. The normalized spacial score (nSPS) is 13.9. The second-order valence-corrected chi connectivity index (χ2v) is 8.94. The maximum Gasteiger partial charge on any atom is 0.251 e. The minimum atomic E-state index is -0.318. The van der Waals surface area contributed by atoms with Crippen LogP contribution in [0.3, 0.4) is 0 Å². The molecule has 35 heavy (non-hydrogen) atoms. The Balaban J connectivity index is 1.35. The number of halogens is 1. The van der Waals surface area contributed by atoms with E-state index in [0.29, 0.717) is 47.2 Å². The number of carbonyl (C=O) groups excluding carboxylic acids is 1. The van der Waals surface area contributed by atoms with Crippen LogP contribution in [-0.4, -0.2) is 39.0 Å². The molecule has 4 aromatic rings. The molecule has 2 aromatic heterocycles. The topological polar surface area (TPSA) is 92.8 Å². The zero-order valence-electron chi connectivity index (χ0n) is 19.5. The molecule has 0 bridgehead atoms. The summed E-state index contributed by atoms with van der Waals surface area (Å²) in [6.07, 6.45) is 9.83. The lowest BCUT2D eigenvalue weighted by Gasteiger charge is -2.15. The first-order chi connectivity index (χ1) is 17.2. The van der Waals surface area contributed by atoms with Gasteiger partial charge in [-0.05, 0) is 67.6 Å². The number of aromatic amines is 1. The van der Waals surface area contributed by atoms with Crippen LogP contribution in [0, 0.1) is 11.7 Å². The average molecular weight is 474 g/mol. The first kappa shape index (κ1) is 23.0. The molecule has 0 saturated heterocycles. The maximum atomic E-state index is 13.5. The van der Waals surface area contributed by atoms with Crippen LogP contribution in [0.15, 0.2) is 54.9 Å². The number of carbonyl (C=O) groups is 1. The van der Waals surface area contributed by atoms with Crippen LogP contribution in [0.5, 0.6) is 5.88 Å². The standard InChI is InChI=1S/C27H28FN5O2/c28-21-10-7-19(8-11-21)25-27(35-17-18-4-1-2-5-18)33-22-12-9-20(16-23(22)32-25)26(34)31-13-3-6-24-29-14-15-30-24/h7-12,14-16,18H,1-6,13,17H2,(H,29,30)(H,31,34). The number of benzene rings is 2. The molecule has 8 heteroatoms. The molecular formula is C27H28FN5O2. The fraction of sp³-hybridized carbons (Fsp3) is 0.333. The van der Waals surface area contributed by atoms with Crippen molar-refractivity contribution in [2.24, 2.45) is 5.92 Å². The SMILES string of the molecule is O=C(NCCCc1ncc[nH]1)c1ccc2nc(OCC3CCCC3)c(-c3ccc(F)cc3)nc2c1. The van der Waals surface area contributed by atoms with Crippen LogP contribution < -0.4 is 10.1 Å². The average Bonchev–Trinajstić information content (AvgIpc) is 3.59. The Morgan fingerprint density at radius 1 is 1.09 bits per heavy atom. The summed E-state index contributed by atoms with van der Waals surface area (Å²) < 4.78 is 19.7. The van der Waals surface area contributed by atoms with Crippen LogP contribution in [0.2, 0.25) is 0 Å². The highest BCUT2D eigenvalue weighted by molar-refractivity contribution is 5.97. The number of hydrogen-bond donors (Lipinski definition) is 2. The van der Waals surface area contributed by atoms with Crippen molar-refractivity contribution < 1.29 is 13.9 Å². The van der Waals surface area contributed by atoms with Gasteiger partial charge in [0.1, 0.15) is 17.3 Å². The monoisotopic (exact) mass is 473 g/mol. The van der Waals surface area contributed by atoms with E-state index in [-0.39, 0.29) is 11.7 Å². The lowest BCUT2D eigenvalue weighted by molar-refractivity contribution is 0.0953. The van der Waals surface area contributed by atoms with Crippen LogP contribution in [-0.2, 0) is 6.42 Å². The van der Waals surface area contributed by atoms with Gasteiger partial charge in [-0.3, -0.25) is 4.79 Å². The molecule has 1 saturated carbocycles. The predicted octanol–water partition coefficient (Wildman–Crippen LogP) is 5.09. The highest BCUT2D eigenvalue weighted by atomic mass is 19.1. The van der Waals surface area contributed by atoms with Crippen molar-refractivity contribution in [3.05, 3.63) is 72.1 Å². The number of rotatable bonds is 9. The van der Waals surface area contributed by atoms with E-state index in [2.05, 4.69) is 15.3 Å². The third kappa shape index (κ3) is 5.65. The van der Waals surface area contributed by atoms with Crippen LogP contribution in [0.1, 0.15) is 48.3 Å². The van der Waals surface area contributed by atoms with Crippen LogP contribution >= 0.6 is 0 Å². The smallest absolute Gasteiger partial charge is 0.251 e. The van der Waals surface area contributed by atoms with Crippen LogP contribution in [0.25, 0.3) is 22.3 Å². The fourth-order valence-corrected chi connectivity index (χ4v) is 4.44. The molecule has 5 rings (SSSR count). The number of imidazole rings is 1. The Hall–Kier alpha value is -3.81. The summed E-state index contributed by atoms with van der Waals surface area (Å²) in [7, 11) is 0. The quantitative estimate of drug-likeness (QED) is 0.330. The van der Waals surface area contributed by atoms with Crippen LogP contribution in [0.4, 0.5) is 4.39 Å². The minimum absolute atomic E-state index is 0.168. The van der Waals surface area contributed by atoms with Gasteiger partial charge in [0.2, 0.25) is 5.88 Å². The molecule has 1 aliphatic carbocycles. The zero-order valence-corrected chi connectivity index (χ0v) is 19.5. The van der Waals surface area contributed by atoms with E-state index in [0.717, 1.165) is 37.1 Å². The summed E-state index contributed by atoms with van der Waals surface area (Å²) in [5.41, 5.74) is 3.00. The number of nitrogens with one attached hydrogen (secondary N) is 2. The van der Waals surface area contributed by atoms with Gasteiger partial charge in [0.05, 0.1) is 17.6 Å². The van der Waals surface area contributed by atoms with Gasteiger partial charge in [-0.2, -0.15) is 0 Å². The number of nitrogens with zero attached hydrogens (tertiary/aromatic N) is 3. The molecule has 2 N–H and O–H groups in total. The van der Waals surface area contributed by atoms with Gasteiger partial charge in [0.25, 0.3) is 5.91 Å². The Labute approximate surface area is 203 Å². The van der Waals surface area contributed by atoms with E-state index in [1.54, 1.807) is 42.7 Å².